The van der Waals surface area contributed by atoms with Crippen molar-refractivity contribution in [2.45, 2.75) is 46.1 Å². The number of rotatable bonds is 2. The molecule has 0 aliphatic carbocycles. The molecule has 2 aromatic rings. The van der Waals surface area contributed by atoms with Crippen molar-refractivity contribution in [3.8, 4) is 0 Å². The van der Waals surface area contributed by atoms with E-state index >= 15 is 0 Å². The maximum Gasteiger partial charge on any atom is 0.254 e. The molecule has 0 N–H and O–H groups in total. The van der Waals surface area contributed by atoms with Crippen LogP contribution in [-0.4, -0.2) is 52.3 Å². The number of hydrogen-bond acceptors (Lipinski definition) is 4. The van der Waals surface area contributed by atoms with Crippen LogP contribution in [0.5, 0.6) is 0 Å². The third-order valence-corrected chi connectivity index (χ3v) is 5.78. The van der Waals surface area contributed by atoms with Crippen LogP contribution in [0.4, 0.5) is 0 Å². The third-order valence-electron chi connectivity index (χ3n) is 5.78. The molecule has 6 nitrogen and oxygen atoms in total. The van der Waals surface area contributed by atoms with Gasteiger partial charge in [0.05, 0.1) is 5.41 Å². The van der Waals surface area contributed by atoms with E-state index in [4.69, 9.17) is 4.42 Å². The summed E-state index contributed by atoms with van der Waals surface area (Å²) in [7, 11) is 0. The standard InChI is InChI=1S/C20H25N3O3/c1-13(2)23-9-4-7-20(19(23)25)8-10-22(12-20)18(24)15-5-6-16-17(11-15)26-14(3)21-16/h5-6,11,13H,4,7-10,12H2,1-3H3/t20-/m0/s1. The van der Waals surface area contributed by atoms with E-state index in [0.717, 1.165) is 31.3 Å². The molecule has 26 heavy (non-hydrogen) atoms. The quantitative estimate of drug-likeness (QED) is 0.831. The third kappa shape index (κ3) is 2.68. The number of carbonyl (C=O) groups excluding carboxylic acids is 2. The van der Waals surface area contributed by atoms with Gasteiger partial charge in [-0.3, -0.25) is 9.59 Å². The van der Waals surface area contributed by atoms with Gasteiger partial charge in [-0.2, -0.15) is 0 Å². The molecule has 1 atom stereocenters. The number of oxazole rings is 1. The molecule has 1 aromatic heterocycles. The molecule has 0 saturated carbocycles. The summed E-state index contributed by atoms with van der Waals surface area (Å²) in [5, 5.41) is 0. The number of piperidine rings is 1. The minimum atomic E-state index is -0.398. The van der Waals surface area contributed by atoms with Crippen molar-refractivity contribution in [2.75, 3.05) is 19.6 Å². The summed E-state index contributed by atoms with van der Waals surface area (Å²) < 4.78 is 5.55. The van der Waals surface area contributed by atoms with Crippen LogP contribution in [0.25, 0.3) is 11.1 Å². The van der Waals surface area contributed by atoms with Crippen LogP contribution in [0.2, 0.25) is 0 Å². The maximum absolute atomic E-state index is 13.0. The van der Waals surface area contributed by atoms with Crippen LogP contribution < -0.4 is 0 Å². The van der Waals surface area contributed by atoms with E-state index in [9.17, 15) is 9.59 Å². The molecule has 6 heteroatoms. The van der Waals surface area contributed by atoms with E-state index < -0.39 is 5.41 Å². The van der Waals surface area contributed by atoms with Crippen molar-refractivity contribution in [1.82, 2.24) is 14.8 Å². The molecule has 2 aliphatic heterocycles. The fraction of sp³-hybridized carbons (Fsp3) is 0.550. The minimum absolute atomic E-state index is 0.0349. The zero-order valence-corrected chi connectivity index (χ0v) is 15.6. The summed E-state index contributed by atoms with van der Waals surface area (Å²) in [5.74, 6) is 0.772. The van der Waals surface area contributed by atoms with Crippen molar-refractivity contribution < 1.29 is 14.0 Å². The SMILES string of the molecule is Cc1nc2ccc(C(=O)N3CC[C@@]4(CCCN(C(C)C)C4=O)C3)cc2o1. The summed E-state index contributed by atoms with van der Waals surface area (Å²) >= 11 is 0. The monoisotopic (exact) mass is 355 g/mol. The first-order valence-electron chi connectivity index (χ1n) is 9.37. The molecular weight excluding hydrogens is 330 g/mol. The summed E-state index contributed by atoms with van der Waals surface area (Å²) in [5.41, 5.74) is 1.58. The molecule has 4 rings (SSSR count). The number of benzene rings is 1. The van der Waals surface area contributed by atoms with Crippen LogP contribution in [0.1, 0.15) is 49.4 Å². The number of likely N-dealkylation sites (tertiary alicyclic amines) is 2. The van der Waals surface area contributed by atoms with Crippen molar-refractivity contribution in [2.24, 2.45) is 5.41 Å². The molecule has 0 bridgehead atoms. The van der Waals surface area contributed by atoms with Gasteiger partial charge < -0.3 is 14.2 Å². The summed E-state index contributed by atoms with van der Waals surface area (Å²) in [6, 6.07) is 5.57. The lowest BCUT2D eigenvalue weighted by Gasteiger charge is -2.41. The predicted molar refractivity (Wildman–Crippen MR) is 97.8 cm³/mol. The second kappa shape index (κ2) is 6.11. The lowest BCUT2D eigenvalue weighted by atomic mass is 9.78. The Morgan fingerprint density at radius 1 is 1.27 bits per heavy atom. The van der Waals surface area contributed by atoms with E-state index in [0.29, 0.717) is 30.1 Å². The van der Waals surface area contributed by atoms with Crippen LogP contribution in [0.15, 0.2) is 22.6 Å². The zero-order valence-electron chi connectivity index (χ0n) is 15.6. The number of hydrogen-bond donors (Lipinski definition) is 0. The van der Waals surface area contributed by atoms with E-state index in [1.54, 1.807) is 19.1 Å². The Hall–Kier alpha value is -2.37. The second-order valence-corrected chi connectivity index (χ2v) is 7.87. The average Bonchev–Trinajstić information content (AvgIpc) is 3.19. The number of aryl methyl sites for hydroxylation is 1. The Morgan fingerprint density at radius 2 is 2.08 bits per heavy atom. The lowest BCUT2D eigenvalue weighted by Crippen LogP contribution is -2.52. The number of nitrogens with zero attached hydrogens (tertiary/aromatic N) is 3. The highest BCUT2D eigenvalue weighted by Gasteiger charge is 2.49. The zero-order chi connectivity index (χ0) is 18.5. The maximum atomic E-state index is 13.0. The van der Waals surface area contributed by atoms with E-state index in [-0.39, 0.29) is 17.9 Å². The van der Waals surface area contributed by atoms with Crippen LogP contribution in [-0.2, 0) is 4.79 Å². The molecule has 3 heterocycles. The number of amides is 2. The van der Waals surface area contributed by atoms with Crippen LogP contribution in [0, 0.1) is 12.3 Å². The topological polar surface area (TPSA) is 66.7 Å². The highest BCUT2D eigenvalue weighted by atomic mass is 16.3. The van der Waals surface area contributed by atoms with E-state index in [1.807, 2.05) is 15.9 Å². The number of aromatic nitrogens is 1. The number of fused-ring (bicyclic) bond motifs is 1. The summed E-state index contributed by atoms with van der Waals surface area (Å²) in [6.07, 6.45) is 2.64. The van der Waals surface area contributed by atoms with E-state index in [2.05, 4.69) is 18.8 Å². The van der Waals surface area contributed by atoms with Gasteiger partial charge in [0.2, 0.25) is 5.91 Å². The largest absolute Gasteiger partial charge is 0.441 e. The van der Waals surface area contributed by atoms with Gasteiger partial charge in [0.1, 0.15) is 5.52 Å². The van der Waals surface area contributed by atoms with Gasteiger partial charge in [0.25, 0.3) is 5.91 Å². The van der Waals surface area contributed by atoms with Gasteiger partial charge in [-0.1, -0.05) is 0 Å². The molecular formula is C20H25N3O3. The summed E-state index contributed by atoms with van der Waals surface area (Å²) in [6.45, 7) is 7.88. The fourth-order valence-corrected chi connectivity index (χ4v) is 4.37. The smallest absolute Gasteiger partial charge is 0.254 e. The average molecular weight is 355 g/mol. The Morgan fingerprint density at radius 3 is 2.85 bits per heavy atom. The first-order valence-corrected chi connectivity index (χ1v) is 9.37. The van der Waals surface area contributed by atoms with Crippen molar-refractivity contribution in [3.63, 3.8) is 0 Å². The van der Waals surface area contributed by atoms with Crippen LogP contribution >= 0.6 is 0 Å². The molecule has 2 fully saturated rings. The Kier molecular flexibility index (Phi) is 4.01. The van der Waals surface area contributed by atoms with Gasteiger partial charge in [0, 0.05) is 38.2 Å². The van der Waals surface area contributed by atoms with Crippen molar-refractivity contribution >= 4 is 22.9 Å². The molecule has 2 amide bonds. The second-order valence-electron chi connectivity index (χ2n) is 7.87. The first kappa shape index (κ1) is 17.1. The highest BCUT2D eigenvalue weighted by Crippen LogP contribution is 2.41. The molecule has 0 radical (unpaired) electrons. The molecule has 1 spiro atoms. The van der Waals surface area contributed by atoms with Gasteiger partial charge in [-0.15, -0.1) is 0 Å². The minimum Gasteiger partial charge on any atom is -0.441 e. The lowest BCUT2D eigenvalue weighted by molar-refractivity contribution is -0.147. The fourth-order valence-electron chi connectivity index (χ4n) is 4.37. The highest BCUT2D eigenvalue weighted by molar-refractivity contribution is 5.98. The van der Waals surface area contributed by atoms with Gasteiger partial charge in [0.15, 0.2) is 11.5 Å². The van der Waals surface area contributed by atoms with Gasteiger partial charge in [-0.25, -0.2) is 4.98 Å². The van der Waals surface area contributed by atoms with Crippen molar-refractivity contribution in [1.29, 1.82) is 0 Å². The molecule has 2 saturated heterocycles. The van der Waals surface area contributed by atoms with Gasteiger partial charge >= 0.3 is 0 Å². The Bertz CT molecular complexity index is 872. The summed E-state index contributed by atoms with van der Waals surface area (Å²) in [4.78, 5) is 34.1. The van der Waals surface area contributed by atoms with Crippen LogP contribution in [0.3, 0.4) is 0 Å². The van der Waals surface area contributed by atoms with E-state index in [1.165, 1.54) is 0 Å². The Balaban J connectivity index is 1.55. The van der Waals surface area contributed by atoms with Gasteiger partial charge in [-0.05, 0) is 51.3 Å². The predicted octanol–water partition coefficient (Wildman–Crippen LogP) is 3.00. The Labute approximate surface area is 153 Å². The molecule has 0 unspecified atom stereocenters. The number of carbonyl (C=O) groups is 2. The normalized spacial score (nSPS) is 23.6. The molecule has 1 aromatic carbocycles. The molecule has 138 valence electrons. The molecule has 2 aliphatic rings. The first-order chi connectivity index (χ1) is 12.4. The van der Waals surface area contributed by atoms with Crippen molar-refractivity contribution in [3.05, 3.63) is 29.7 Å².